The lowest BCUT2D eigenvalue weighted by atomic mass is 9.94. The minimum absolute atomic E-state index is 0.0577. The van der Waals surface area contributed by atoms with Crippen LogP contribution in [0.5, 0.6) is 5.75 Å². The molecule has 0 bridgehead atoms. The Bertz CT molecular complexity index is 1480. The number of carbonyl (C=O) groups excluding carboxylic acids is 2. The summed E-state index contributed by atoms with van der Waals surface area (Å²) < 4.78 is 5.78. The van der Waals surface area contributed by atoms with Crippen LogP contribution in [0.2, 0.25) is 0 Å². The van der Waals surface area contributed by atoms with Gasteiger partial charge in [0.05, 0.1) is 11.6 Å². The smallest absolute Gasteiger partial charge is 0.300 e. The second-order valence-electron chi connectivity index (χ2n) is 8.75. The second kappa shape index (κ2) is 7.63. The summed E-state index contributed by atoms with van der Waals surface area (Å²) in [7, 11) is 0. The molecule has 6 rings (SSSR count). The lowest BCUT2D eigenvalue weighted by Crippen LogP contribution is -2.29. The molecule has 6 nitrogen and oxygen atoms in total. The number of Topliss-reactive ketones (excluding diaryl/α,β-unsaturated/α-hetero) is 1. The Morgan fingerprint density at radius 2 is 1.79 bits per heavy atom. The van der Waals surface area contributed by atoms with Crippen molar-refractivity contribution in [2.75, 3.05) is 4.90 Å². The number of ketones is 1. The van der Waals surface area contributed by atoms with Gasteiger partial charge in [-0.25, -0.2) is 0 Å². The molecule has 0 saturated carbocycles. The van der Waals surface area contributed by atoms with Crippen LogP contribution >= 0.6 is 0 Å². The van der Waals surface area contributed by atoms with Crippen molar-refractivity contribution in [1.29, 1.82) is 0 Å². The fourth-order valence-corrected chi connectivity index (χ4v) is 5.03. The number of para-hydroxylation sites is 2. The quantitative estimate of drug-likeness (QED) is 0.258. The number of aromatic nitrogens is 1. The minimum atomic E-state index is -0.776. The number of aliphatic hydroxyl groups is 1. The molecule has 2 N–H and O–H groups in total. The summed E-state index contributed by atoms with van der Waals surface area (Å²) >= 11 is 0. The molecule has 2 unspecified atom stereocenters. The van der Waals surface area contributed by atoms with Crippen LogP contribution in [0.4, 0.5) is 5.69 Å². The fourth-order valence-electron chi connectivity index (χ4n) is 5.03. The molecule has 0 aliphatic carbocycles. The number of hydrogen-bond acceptors (Lipinski definition) is 4. The summed E-state index contributed by atoms with van der Waals surface area (Å²) in [6.45, 7) is 1.99. The maximum Gasteiger partial charge on any atom is 0.300 e. The number of benzene rings is 3. The van der Waals surface area contributed by atoms with Crippen LogP contribution in [-0.4, -0.2) is 27.9 Å². The van der Waals surface area contributed by atoms with E-state index in [4.69, 9.17) is 4.74 Å². The Kier molecular flexibility index (Phi) is 4.55. The highest BCUT2D eigenvalue weighted by molar-refractivity contribution is 6.51. The first-order chi connectivity index (χ1) is 16.5. The normalized spacial score (nSPS) is 21.1. The Morgan fingerprint density at radius 3 is 2.62 bits per heavy atom. The van der Waals surface area contributed by atoms with Crippen LogP contribution < -0.4 is 9.64 Å². The molecule has 3 aromatic carbocycles. The van der Waals surface area contributed by atoms with Gasteiger partial charge < -0.3 is 14.8 Å². The predicted octanol–water partition coefficient (Wildman–Crippen LogP) is 5.12. The van der Waals surface area contributed by atoms with Crippen molar-refractivity contribution in [1.82, 2.24) is 4.98 Å². The zero-order chi connectivity index (χ0) is 23.4. The Balaban J connectivity index is 1.58. The Labute approximate surface area is 196 Å². The second-order valence-corrected chi connectivity index (χ2v) is 8.75. The van der Waals surface area contributed by atoms with Crippen LogP contribution in [0.3, 0.4) is 0 Å². The summed E-state index contributed by atoms with van der Waals surface area (Å²) in [5, 5.41) is 12.3. The molecule has 4 aromatic rings. The molecule has 1 saturated heterocycles. The maximum absolute atomic E-state index is 13.4. The van der Waals surface area contributed by atoms with Crippen molar-refractivity contribution < 1.29 is 19.4 Å². The number of nitrogens with zero attached hydrogens (tertiary/aromatic N) is 1. The fraction of sp³-hybridized carbons (Fsp3) is 0.143. The molecule has 2 aliphatic rings. The number of fused-ring (bicyclic) bond motifs is 2. The molecular weight excluding hydrogens is 428 g/mol. The SMILES string of the molecule is CC1Cc2cc(/C(O)=C3\C(=O)C(=O)N(c4ccccc4)C3c3c[nH]c4ccccc34)ccc2O1. The summed E-state index contributed by atoms with van der Waals surface area (Å²) in [5.74, 6) is -0.778. The maximum atomic E-state index is 13.4. The van der Waals surface area contributed by atoms with Gasteiger partial charge in [0, 0.05) is 40.3 Å². The number of carbonyl (C=O) groups is 2. The van der Waals surface area contributed by atoms with Gasteiger partial charge in [-0.3, -0.25) is 14.5 Å². The van der Waals surface area contributed by atoms with Crippen molar-refractivity contribution in [2.24, 2.45) is 0 Å². The van der Waals surface area contributed by atoms with E-state index in [9.17, 15) is 14.7 Å². The number of nitrogens with one attached hydrogen (secondary N) is 1. The van der Waals surface area contributed by atoms with Crippen molar-refractivity contribution in [3.8, 4) is 5.75 Å². The van der Waals surface area contributed by atoms with Gasteiger partial charge in [-0.05, 0) is 48.9 Å². The van der Waals surface area contributed by atoms with E-state index in [0.717, 1.165) is 34.2 Å². The first-order valence-electron chi connectivity index (χ1n) is 11.2. The first-order valence-corrected chi connectivity index (χ1v) is 11.2. The number of aromatic amines is 1. The van der Waals surface area contributed by atoms with Crippen LogP contribution in [0.15, 0.2) is 84.6 Å². The van der Waals surface area contributed by atoms with Crippen LogP contribution in [-0.2, 0) is 16.0 Å². The van der Waals surface area contributed by atoms with Gasteiger partial charge in [0.2, 0.25) is 0 Å². The molecule has 2 aliphatic heterocycles. The molecule has 1 amide bonds. The predicted molar refractivity (Wildman–Crippen MR) is 130 cm³/mol. The van der Waals surface area contributed by atoms with Crippen LogP contribution in [0, 0.1) is 0 Å². The van der Waals surface area contributed by atoms with E-state index in [-0.39, 0.29) is 17.4 Å². The first kappa shape index (κ1) is 20.3. The third-order valence-electron chi connectivity index (χ3n) is 6.56. The molecule has 0 radical (unpaired) electrons. The van der Waals surface area contributed by atoms with E-state index in [0.29, 0.717) is 11.3 Å². The largest absolute Gasteiger partial charge is 0.507 e. The van der Waals surface area contributed by atoms with E-state index in [1.165, 1.54) is 4.90 Å². The molecular formula is C28H22N2O4. The van der Waals surface area contributed by atoms with E-state index in [1.807, 2.05) is 67.7 Å². The van der Waals surface area contributed by atoms with Gasteiger partial charge >= 0.3 is 0 Å². The van der Waals surface area contributed by atoms with Gasteiger partial charge in [-0.1, -0.05) is 36.4 Å². The molecule has 34 heavy (non-hydrogen) atoms. The highest BCUT2D eigenvalue weighted by Gasteiger charge is 2.47. The molecule has 6 heteroatoms. The van der Waals surface area contributed by atoms with Crippen molar-refractivity contribution in [3.05, 3.63) is 101 Å². The molecule has 1 aromatic heterocycles. The van der Waals surface area contributed by atoms with E-state index >= 15 is 0 Å². The van der Waals surface area contributed by atoms with Gasteiger partial charge in [-0.2, -0.15) is 0 Å². The Hall–Kier alpha value is -4.32. The standard InChI is InChI=1S/C28H22N2O4/c1-16-13-18-14-17(11-12-23(18)34-16)26(31)24-25(21-15-29-22-10-6-5-9-20(21)22)30(28(33)27(24)32)19-7-3-2-4-8-19/h2-12,14-16,25,29,31H,13H2,1H3/b26-24+. The monoisotopic (exact) mass is 450 g/mol. The number of anilines is 1. The number of amides is 1. The van der Waals surface area contributed by atoms with Crippen molar-refractivity contribution in [2.45, 2.75) is 25.5 Å². The molecule has 2 atom stereocenters. The van der Waals surface area contributed by atoms with E-state index in [2.05, 4.69) is 4.98 Å². The Morgan fingerprint density at radius 1 is 1.03 bits per heavy atom. The van der Waals surface area contributed by atoms with Crippen molar-refractivity contribution >= 4 is 34.0 Å². The number of ether oxygens (including phenoxy) is 1. The van der Waals surface area contributed by atoms with E-state index < -0.39 is 17.7 Å². The molecule has 3 heterocycles. The van der Waals surface area contributed by atoms with Gasteiger partial charge in [0.25, 0.3) is 11.7 Å². The number of aliphatic hydroxyl groups excluding tert-OH is 1. The summed E-state index contributed by atoms with van der Waals surface area (Å²) in [4.78, 5) is 31.4. The summed E-state index contributed by atoms with van der Waals surface area (Å²) in [6.07, 6.45) is 2.59. The zero-order valence-electron chi connectivity index (χ0n) is 18.5. The van der Waals surface area contributed by atoms with Crippen LogP contribution in [0.1, 0.15) is 29.7 Å². The molecule has 0 spiro atoms. The minimum Gasteiger partial charge on any atom is -0.507 e. The van der Waals surface area contributed by atoms with Gasteiger partial charge in [-0.15, -0.1) is 0 Å². The average molecular weight is 450 g/mol. The lowest BCUT2D eigenvalue weighted by Gasteiger charge is -2.25. The molecule has 1 fully saturated rings. The highest BCUT2D eigenvalue weighted by Crippen LogP contribution is 2.44. The molecule has 168 valence electrons. The van der Waals surface area contributed by atoms with Crippen molar-refractivity contribution in [3.63, 3.8) is 0 Å². The van der Waals surface area contributed by atoms with E-state index in [1.54, 1.807) is 18.2 Å². The third-order valence-corrected chi connectivity index (χ3v) is 6.56. The summed E-state index contributed by atoms with van der Waals surface area (Å²) in [5.41, 5.74) is 3.77. The number of rotatable bonds is 3. The third kappa shape index (κ3) is 3.03. The topological polar surface area (TPSA) is 82.6 Å². The average Bonchev–Trinajstić information content (AvgIpc) is 3.52. The zero-order valence-corrected chi connectivity index (χ0v) is 18.5. The van der Waals surface area contributed by atoms with Gasteiger partial charge in [0.1, 0.15) is 17.6 Å². The van der Waals surface area contributed by atoms with Gasteiger partial charge in [0.15, 0.2) is 0 Å². The number of hydrogen-bond donors (Lipinski definition) is 2. The summed E-state index contributed by atoms with van der Waals surface area (Å²) in [6, 6.07) is 21.4. The highest BCUT2D eigenvalue weighted by atomic mass is 16.5. The van der Waals surface area contributed by atoms with Crippen LogP contribution in [0.25, 0.3) is 16.7 Å². The number of H-pyrrole nitrogens is 1. The lowest BCUT2D eigenvalue weighted by molar-refractivity contribution is -0.132.